The third kappa shape index (κ3) is 3.16. The lowest BCUT2D eigenvalue weighted by molar-refractivity contribution is -0.115. The van der Waals surface area contributed by atoms with Crippen molar-refractivity contribution in [2.75, 3.05) is 5.32 Å². The normalized spacial score (nSPS) is 10.5. The summed E-state index contributed by atoms with van der Waals surface area (Å²) in [4.78, 5) is 11.4. The number of anilines is 1. The fraction of sp³-hybridized carbons (Fsp3) is 0.214. The van der Waals surface area contributed by atoms with E-state index in [9.17, 15) is 4.79 Å². The molecular formula is C14H14ClNO3. The Kier molecular flexibility index (Phi) is 4.24. The Morgan fingerprint density at radius 3 is 2.79 bits per heavy atom. The summed E-state index contributed by atoms with van der Waals surface area (Å²) in [6, 6.07) is 8.71. The summed E-state index contributed by atoms with van der Waals surface area (Å²) in [6.07, 6.45) is 0.385. The maximum atomic E-state index is 11.4. The molecule has 100 valence electrons. The molecule has 4 nitrogen and oxygen atoms in total. The first-order valence-corrected chi connectivity index (χ1v) is 6.31. The van der Waals surface area contributed by atoms with Crippen LogP contribution in [0, 0.1) is 0 Å². The molecule has 1 amide bonds. The summed E-state index contributed by atoms with van der Waals surface area (Å²) in [6.45, 7) is 1.63. The van der Waals surface area contributed by atoms with Crippen molar-refractivity contribution in [3.8, 4) is 11.3 Å². The highest BCUT2D eigenvalue weighted by Gasteiger charge is 2.09. The smallest absolute Gasteiger partial charge is 0.224 e. The van der Waals surface area contributed by atoms with Gasteiger partial charge in [-0.1, -0.05) is 18.5 Å². The van der Waals surface area contributed by atoms with E-state index in [0.29, 0.717) is 28.7 Å². The van der Waals surface area contributed by atoms with Gasteiger partial charge in [-0.25, -0.2) is 0 Å². The highest BCUT2D eigenvalue weighted by molar-refractivity contribution is 6.33. The van der Waals surface area contributed by atoms with Crippen molar-refractivity contribution in [1.82, 2.24) is 0 Å². The van der Waals surface area contributed by atoms with Gasteiger partial charge in [-0.05, 0) is 30.3 Å². The quantitative estimate of drug-likeness (QED) is 0.901. The van der Waals surface area contributed by atoms with Crippen molar-refractivity contribution in [3.63, 3.8) is 0 Å². The van der Waals surface area contributed by atoms with Gasteiger partial charge in [0.15, 0.2) is 0 Å². The molecular weight excluding hydrogens is 266 g/mol. The van der Waals surface area contributed by atoms with Gasteiger partial charge in [-0.2, -0.15) is 0 Å². The van der Waals surface area contributed by atoms with Crippen LogP contribution in [0.4, 0.5) is 5.69 Å². The number of hydrogen-bond donors (Lipinski definition) is 2. The molecule has 1 aromatic heterocycles. The maximum Gasteiger partial charge on any atom is 0.224 e. The standard InChI is InChI=1S/C14H14ClNO3/c1-2-14(18)16-12-7-9(3-5-11(12)15)13-6-4-10(8-17)19-13/h3-7,17H,2,8H2,1H3,(H,16,18). The molecule has 0 bridgehead atoms. The highest BCUT2D eigenvalue weighted by Crippen LogP contribution is 2.30. The molecule has 5 heteroatoms. The summed E-state index contributed by atoms with van der Waals surface area (Å²) in [7, 11) is 0. The third-order valence-electron chi connectivity index (χ3n) is 2.66. The van der Waals surface area contributed by atoms with Crippen LogP contribution in [0.1, 0.15) is 19.1 Å². The molecule has 0 radical (unpaired) electrons. The van der Waals surface area contributed by atoms with Gasteiger partial charge in [0.05, 0.1) is 10.7 Å². The van der Waals surface area contributed by atoms with E-state index in [1.165, 1.54) is 0 Å². The monoisotopic (exact) mass is 279 g/mol. The van der Waals surface area contributed by atoms with Crippen molar-refractivity contribution < 1.29 is 14.3 Å². The summed E-state index contributed by atoms with van der Waals surface area (Å²) in [5.41, 5.74) is 1.34. The van der Waals surface area contributed by atoms with Crippen LogP contribution in [0.25, 0.3) is 11.3 Å². The van der Waals surface area contributed by atoms with E-state index in [2.05, 4.69) is 5.32 Å². The molecule has 1 heterocycles. The van der Waals surface area contributed by atoms with Gasteiger partial charge in [0, 0.05) is 12.0 Å². The molecule has 0 unspecified atom stereocenters. The molecule has 2 N–H and O–H groups in total. The van der Waals surface area contributed by atoms with Crippen molar-refractivity contribution in [2.24, 2.45) is 0 Å². The van der Waals surface area contributed by atoms with Gasteiger partial charge in [-0.15, -0.1) is 0 Å². The number of aliphatic hydroxyl groups excluding tert-OH is 1. The molecule has 0 spiro atoms. The lowest BCUT2D eigenvalue weighted by atomic mass is 10.1. The molecule has 1 aromatic carbocycles. The Labute approximate surface area is 116 Å². The molecule has 0 aliphatic rings. The van der Waals surface area contributed by atoms with E-state index in [4.69, 9.17) is 21.1 Å². The van der Waals surface area contributed by atoms with Crippen LogP contribution in [0.15, 0.2) is 34.7 Å². The van der Waals surface area contributed by atoms with Crippen LogP contribution in [-0.4, -0.2) is 11.0 Å². The summed E-state index contributed by atoms with van der Waals surface area (Å²) >= 11 is 6.03. The molecule has 2 aromatic rings. The fourth-order valence-electron chi connectivity index (χ4n) is 1.63. The Morgan fingerprint density at radius 1 is 1.37 bits per heavy atom. The first kappa shape index (κ1) is 13.6. The zero-order chi connectivity index (χ0) is 13.8. The minimum absolute atomic E-state index is 0.102. The number of furan rings is 1. The molecule has 0 aliphatic heterocycles. The molecule has 2 rings (SSSR count). The molecule has 0 saturated carbocycles. The van der Waals surface area contributed by atoms with E-state index in [1.54, 1.807) is 37.3 Å². The molecule has 0 saturated heterocycles. The van der Waals surface area contributed by atoms with Crippen LogP contribution in [0.5, 0.6) is 0 Å². The Morgan fingerprint density at radius 2 is 2.16 bits per heavy atom. The lowest BCUT2D eigenvalue weighted by Gasteiger charge is -2.07. The number of benzene rings is 1. The van der Waals surface area contributed by atoms with Gasteiger partial charge in [-0.3, -0.25) is 4.79 Å². The van der Waals surface area contributed by atoms with Crippen molar-refractivity contribution in [1.29, 1.82) is 0 Å². The van der Waals surface area contributed by atoms with Crippen LogP contribution in [0.3, 0.4) is 0 Å². The number of rotatable bonds is 4. The van der Waals surface area contributed by atoms with Gasteiger partial charge < -0.3 is 14.8 Å². The Bertz CT molecular complexity index is 592. The number of nitrogens with one attached hydrogen (secondary N) is 1. The zero-order valence-electron chi connectivity index (χ0n) is 10.4. The van der Waals surface area contributed by atoms with E-state index in [0.717, 1.165) is 5.56 Å². The van der Waals surface area contributed by atoms with Crippen LogP contribution in [0.2, 0.25) is 5.02 Å². The number of amides is 1. The number of carbonyl (C=O) groups excluding carboxylic acids is 1. The van der Waals surface area contributed by atoms with E-state index in [1.807, 2.05) is 0 Å². The van der Waals surface area contributed by atoms with Crippen LogP contribution >= 0.6 is 11.6 Å². The second kappa shape index (κ2) is 5.91. The van der Waals surface area contributed by atoms with Crippen LogP contribution in [-0.2, 0) is 11.4 Å². The van der Waals surface area contributed by atoms with Crippen LogP contribution < -0.4 is 5.32 Å². The second-order valence-electron chi connectivity index (χ2n) is 4.02. The average Bonchev–Trinajstić information content (AvgIpc) is 2.90. The van der Waals surface area contributed by atoms with Gasteiger partial charge >= 0.3 is 0 Å². The predicted octanol–water partition coefficient (Wildman–Crippen LogP) is 3.44. The SMILES string of the molecule is CCC(=O)Nc1cc(-c2ccc(CO)o2)ccc1Cl. The van der Waals surface area contributed by atoms with Gasteiger partial charge in [0.1, 0.15) is 18.1 Å². The highest BCUT2D eigenvalue weighted by atomic mass is 35.5. The third-order valence-corrected chi connectivity index (χ3v) is 2.99. The topological polar surface area (TPSA) is 62.5 Å². The fourth-order valence-corrected chi connectivity index (χ4v) is 1.80. The minimum atomic E-state index is -0.146. The molecule has 0 atom stereocenters. The first-order valence-electron chi connectivity index (χ1n) is 5.93. The van der Waals surface area contributed by atoms with E-state index in [-0.39, 0.29) is 12.5 Å². The lowest BCUT2D eigenvalue weighted by Crippen LogP contribution is -2.09. The van der Waals surface area contributed by atoms with E-state index >= 15 is 0 Å². The minimum Gasteiger partial charge on any atom is -0.459 e. The number of halogens is 1. The summed E-state index contributed by atoms with van der Waals surface area (Å²) in [5.74, 6) is 1.01. The number of carbonyl (C=O) groups is 1. The summed E-state index contributed by atoms with van der Waals surface area (Å²) in [5, 5.41) is 12.2. The maximum absolute atomic E-state index is 11.4. The van der Waals surface area contributed by atoms with Crippen molar-refractivity contribution in [2.45, 2.75) is 20.0 Å². The number of hydrogen-bond acceptors (Lipinski definition) is 3. The molecule has 0 aliphatic carbocycles. The summed E-state index contributed by atoms with van der Waals surface area (Å²) < 4.78 is 5.44. The van der Waals surface area contributed by atoms with E-state index < -0.39 is 0 Å². The first-order chi connectivity index (χ1) is 9.13. The average molecular weight is 280 g/mol. The molecule has 0 fully saturated rings. The van der Waals surface area contributed by atoms with Gasteiger partial charge in [0.25, 0.3) is 0 Å². The molecule has 19 heavy (non-hydrogen) atoms. The Balaban J connectivity index is 2.32. The van der Waals surface area contributed by atoms with Crippen molar-refractivity contribution >= 4 is 23.2 Å². The second-order valence-corrected chi connectivity index (χ2v) is 4.43. The Hall–Kier alpha value is -1.78. The zero-order valence-corrected chi connectivity index (χ0v) is 11.2. The predicted molar refractivity (Wildman–Crippen MR) is 74.0 cm³/mol. The van der Waals surface area contributed by atoms with Crippen molar-refractivity contribution in [3.05, 3.63) is 41.1 Å². The van der Waals surface area contributed by atoms with Gasteiger partial charge in [0.2, 0.25) is 5.91 Å². The number of aliphatic hydroxyl groups is 1. The largest absolute Gasteiger partial charge is 0.459 e.